The largest absolute Gasteiger partial charge is 0.301 e. The molecule has 4 fully saturated rings. The average molecular weight is 386 g/mol. The lowest BCUT2D eigenvalue weighted by atomic mass is 9.43. The van der Waals surface area contributed by atoms with E-state index in [2.05, 4.69) is 24.4 Å². The molecule has 150 valence electrons. The average Bonchev–Trinajstić information content (AvgIpc) is 2.60. The minimum Gasteiger partial charge on any atom is -0.272 e. The molecule has 4 bridgehead atoms. The van der Waals surface area contributed by atoms with Crippen LogP contribution in [0.1, 0.15) is 52.4 Å². The van der Waals surface area contributed by atoms with E-state index in [4.69, 9.17) is 0 Å². The molecule has 4 saturated carbocycles. The van der Waals surface area contributed by atoms with E-state index in [1.54, 1.807) is 0 Å². The summed E-state index contributed by atoms with van der Waals surface area (Å²) in [4.78, 5) is 20.9. The number of nitro groups is 2. The van der Waals surface area contributed by atoms with E-state index in [1.165, 1.54) is 50.7 Å². The first-order valence-electron chi connectivity index (χ1n) is 9.92. The number of nitro benzene ring substituents is 2. The van der Waals surface area contributed by atoms with E-state index >= 15 is 0 Å². The second-order valence-electron chi connectivity index (χ2n) is 9.51. The lowest BCUT2D eigenvalue weighted by Crippen LogP contribution is -2.53. The maximum atomic E-state index is 11.3. The van der Waals surface area contributed by atoms with Crippen LogP contribution in [0, 0.1) is 48.8 Å². The highest BCUT2D eigenvalue weighted by Crippen LogP contribution is 2.65. The SMILES string of the molecule is CC(C)(/C=N\Nc1ccc([N+](=O)[O-])cc1[N+](=O)[O-])C12CC3CC(CC(C3)C1)C2. The van der Waals surface area contributed by atoms with Crippen molar-refractivity contribution in [3.63, 3.8) is 0 Å². The van der Waals surface area contributed by atoms with E-state index in [9.17, 15) is 20.2 Å². The van der Waals surface area contributed by atoms with Gasteiger partial charge in [0.15, 0.2) is 0 Å². The molecule has 4 aliphatic rings. The van der Waals surface area contributed by atoms with Crippen molar-refractivity contribution >= 4 is 23.3 Å². The lowest BCUT2D eigenvalue weighted by molar-refractivity contribution is -0.393. The molecule has 8 heteroatoms. The minimum atomic E-state index is -0.643. The van der Waals surface area contributed by atoms with Gasteiger partial charge >= 0.3 is 5.69 Å². The highest BCUT2D eigenvalue weighted by atomic mass is 16.6. The fourth-order valence-corrected chi connectivity index (χ4v) is 6.18. The summed E-state index contributed by atoms with van der Waals surface area (Å²) >= 11 is 0. The van der Waals surface area contributed by atoms with Gasteiger partial charge in [-0.25, -0.2) is 0 Å². The zero-order valence-corrected chi connectivity index (χ0v) is 16.3. The Kier molecular flexibility index (Phi) is 4.39. The first-order chi connectivity index (χ1) is 13.2. The van der Waals surface area contributed by atoms with Crippen LogP contribution >= 0.6 is 0 Å². The van der Waals surface area contributed by atoms with E-state index in [1.807, 2.05) is 6.21 Å². The Morgan fingerprint density at radius 1 is 1.07 bits per heavy atom. The third-order valence-electron chi connectivity index (χ3n) is 7.37. The smallest absolute Gasteiger partial charge is 0.272 e. The van der Waals surface area contributed by atoms with E-state index in [-0.39, 0.29) is 27.9 Å². The molecule has 0 amide bonds. The Bertz CT molecular complexity index is 813. The van der Waals surface area contributed by atoms with Gasteiger partial charge in [-0.15, -0.1) is 0 Å². The van der Waals surface area contributed by atoms with Gasteiger partial charge in [-0.1, -0.05) is 13.8 Å². The van der Waals surface area contributed by atoms with Gasteiger partial charge < -0.3 is 0 Å². The Morgan fingerprint density at radius 3 is 2.14 bits per heavy atom. The summed E-state index contributed by atoms with van der Waals surface area (Å²) < 4.78 is 0. The summed E-state index contributed by atoms with van der Waals surface area (Å²) in [6.07, 6.45) is 9.76. The molecule has 8 nitrogen and oxygen atoms in total. The third-order valence-corrected chi connectivity index (χ3v) is 7.37. The first kappa shape index (κ1) is 18.8. The zero-order valence-electron chi connectivity index (χ0n) is 16.3. The topological polar surface area (TPSA) is 111 Å². The fourth-order valence-electron chi connectivity index (χ4n) is 6.18. The number of benzene rings is 1. The van der Waals surface area contributed by atoms with Crippen molar-refractivity contribution in [2.45, 2.75) is 52.4 Å². The Morgan fingerprint density at radius 2 is 1.64 bits per heavy atom. The van der Waals surface area contributed by atoms with Gasteiger partial charge in [0.2, 0.25) is 0 Å². The Hall–Kier alpha value is -2.51. The van der Waals surface area contributed by atoms with Crippen LogP contribution in [0.4, 0.5) is 17.1 Å². The minimum absolute atomic E-state index is 0.119. The molecule has 1 aromatic rings. The first-order valence-corrected chi connectivity index (χ1v) is 9.92. The predicted molar refractivity (Wildman–Crippen MR) is 106 cm³/mol. The number of non-ortho nitro benzene ring substituents is 1. The molecular weight excluding hydrogens is 360 g/mol. The summed E-state index contributed by atoms with van der Waals surface area (Å²) in [5, 5.41) is 26.5. The summed E-state index contributed by atoms with van der Waals surface area (Å²) in [5.41, 5.74) is 2.39. The Balaban J connectivity index is 1.53. The molecule has 1 aromatic carbocycles. The van der Waals surface area contributed by atoms with Crippen molar-refractivity contribution in [2.24, 2.45) is 33.7 Å². The monoisotopic (exact) mass is 386 g/mol. The summed E-state index contributed by atoms with van der Waals surface area (Å²) in [6, 6.07) is 3.54. The molecule has 0 atom stereocenters. The molecule has 0 spiro atoms. The van der Waals surface area contributed by atoms with Crippen molar-refractivity contribution in [1.29, 1.82) is 0 Å². The van der Waals surface area contributed by atoms with Crippen LogP contribution in [0.5, 0.6) is 0 Å². The highest BCUT2D eigenvalue weighted by Gasteiger charge is 2.56. The zero-order chi connectivity index (χ0) is 20.1. The molecule has 0 heterocycles. The number of anilines is 1. The van der Waals surface area contributed by atoms with Crippen LogP contribution in [-0.2, 0) is 0 Å². The van der Waals surface area contributed by atoms with Gasteiger partial charge in [0, 0.05) is 17.7 Å². The molecule has 0 unspecified atom stereocenters. The van der Waals surface area contributed by atoms with Gasteiger partial charge in [0.05, 0.1) is 15.9 Å². The molecule has 0 aliphatic heterocycles. The molecular formula is C20H26N4O4. The van der Waals surface area contributed by atoms with Crippen LogP contribution in [0.2, 0.25) is 0 Å². The lowest BCUT2D eigenvalue weighted by Gasteiger charge is -2.61. The highest BCUT2D eigenvalue weighted by molar-refractivity contribution is 5.70. The van der Waals surface area contributed by atoms with E-state index in [0.29, 0.717) is 0 Å². The van der Waals surface area contributed by atoms with Crippen LogP contribution in [0.15, 0.2) is 23.3 Å². The standard InChI is InChI=1S/C20H26N4O4/c1-19(2,20-9-13-5-14(10-20)7-15(6-13)11-20)12-21-22-17-4-3-16(23(25)26)8-18(17)24(27)28/h3-4,8,12-15,22H,5-7,9-11H2,1-2H3/b21-12-. The van der Waals surface area contributed by atoms with Crippen LogP contribution < -0.4 is 5.43 Å². The van der Waals surface area contributed by atoms with Gasteiger partial charge in [0.1, 0.15) is 5.69 Å². The summed E-state index contributed by atoms with van der Waals surface area (Å²) in [7, 11) is 0. The molecule has 28 heavy (non-hydrogen) atoms. The van der Waals surface area contributed by atoms with Crippen molar-refractivity contribution in [3.8, 4) is 0 Å². The number of hydrogen-bond acceptors (Lipinski definition) is 6. The normalized spacial score (nSPS) is 31.3. The van der Waals surface area contributed by atoms with Crippen LogP contribution in [-0.4, -0.2) is 16.1 Å². The van der Waals surface area contributed by atoms with Crippen molar-refractivity contribution in [3.05, 3.63) is 38.4 Å². The number of nitrogens with one attached hydrogen (secondary N) is 1. The molecule has 4 aliphatic carbocycles. The molecule has 5 rings (SSSR count). The molecule has 0 aromatic heterocycles. The number of hydrazone groups is 1. The second kappa shape index (κ2) is 6.53. The molecule has 0 radical (unpaired) electrons. The predicted octanol–water partition coefficient (Wildman–Crippen LogP) is 5.14. The third kappa shape index (κ3) is 3.14. The summed E-state index contributed by atoms with van der Waals surface area (Å²) in [6.45, 7) is 4.44. The summed E-state index contributed by atoms with van der Waals surface area (Å²) in [5.74, 6) is 2.51. The molecule has 1 N–H and O–H groups in total. The van der Waals surface area contributed by atoms with Crippen molar-refractivity contribution in [2.75, 3.05) is 5.43 Å². The number of hydrogen-bond donors (Lipinski definition) is 1. The molecule has 0 saturated heterocycles. The quantitative estimate of drug-likeness (QED) is 0.413. The van der Waals surface area contributed by atoms with Crippen LogP contribution in [0.25, 0.3) is 0 Å². The van der Waals surface area contributed by atoms with Gasteiger partial charge in [-0.05, 0) is 67.8 Å². The van der Waals surface area contributed by atoms with Crippen LogP contribution in [0.3, 0.4) is 0 Å². The second-order valence-corrected chi connectivity index (χ2v) is 9.51. The van der Waals surface area contributed by atoms with Crippen molar-refractivity contribution in [1.82, 2.24) is 0 Å². The van der Waals surface area contributed by atoms with Crippen molar-refractivity contribution < 1.29 is 9.85 Å². The van der Waals surface area contributed by atoms with Gasteiger partial charge in [-0.2, -0.15) is 5.10 Å². The number of rotatable bonds is 6. The maximum Gasteiger partial charge on any atom is 0.301 e. The van der Waals surface area contributed by atoms with E-state index in [0.717, 1.165) is 23.8 Å². The van der Waals surface area contributed by atoms with Gasteiger partial charge in [0.25, 0.3) is 5.69 Å². The van der Waals surface area contributed by atoms with E-state index < -0.39 is 9.85 Å². The fraction of sp³-hybridized carbons (Fsp3) is 0.650. The van der Waals surface area contributed by atoms with Gasteiger partial charge in [-0.3, -0.25) is 25.7 Å². The Labute approximate surface area is 163 Å². The maximum absolute atomic E-state index is 11.3. The number of nitrogens with zero attached hydrogens (tertiary/aromatic N) is 3.